The van der Waals surface area contributed by atoms with Crippen molar-refractivity contribution in [3.8, 4) is 0 Å². The number of halogens is 1. The van der Waals surface area contributed by atoms with E-state index in [0.717, 1.165) is 5.56 Å². The van der Waals surface area contributed by atoms with Crippen molar-refractivity contribution in [2.75, 3.05) is 19.0 Å². The van der Waals surface area contributed by atoms with Crippen molar-refractivity contribution in [3.05, 3.63) is 89.0 Å². The fourth-order valence-electron chi connectivity index (χ4n) is 5.49. The van der Waals surface area contributed by atoms with Crippen molar-refractivity contribution in [1.82, 2.24) is 24.8 Å². The van der Waals surface area contributed by atoms with Crippen LogP contribution in [-0.2, 0) is 18.9 Å². The number of carboxylic acid groups (broad SMARTS) is 1. The number of benzene rings is 2. The number of fused-ring (bicyclic) bond motifs is 2. The number of carboxylic acids is 1. The number of carbonyl (C=O) groups is 2. The first-order chi connectivity index (χ1) is 21.4. The number of hydrogen-bond acceptors (Lipinski definition) is 9. The van der Waals surface area contributed by atoms with Crippen LogP contribution in [0.2, 0.25) is 5.02 Å². The maximum atomic E-state index is 12.2. The van der Waals surface area contributed by atoms with Crippen molar-refractivity contribution >= 4 is 46.7 Å². The number of anilines is 1. The zero-order chi connectivity index (χ0) is 30.8. The molecule has 0 saturated carbocycles. The second-order valence-corrected chi connectivity index (χ2v) is 10.4. The topological polar surface area (TPSA) is 159 Å². The van der Waals surface area contributed by atoms with E-state index in [1.54, 1.807) is 29.7 Å². The Morgan fingerprint density at radius 2 is 1.89 bits per heavy atom. The molecule has 6 unspecified atom stereocenters. The third-order valence-corrected chi connectivity index (χ3v) is 7.71. The average Bonchev–Trinajstić information content (AvgIpc) is 3.72. The number of methoxy groups -OCH3 is 1. The van der Waals surface area contributed by atoms with E-state index in [4.69, 9.17) is 30.5 Å². The maximum Gasteiger partial charge on any atom is 0.336 e. The minimum absolute atomic E-state index is 0.0192. The molecule has 0 aliphatic carbocycles. The van der Waals surface area contributed by atoms with Gasteiger partial charge in [0.2, 0.25) is 0 Å². The van der Waals surface area contributed by atoms with E-state index in [0.29, 0.717) is 17.7 Å². The first-order valence-corrected chi connectivity index (χ1v) is 14.2. The van der Waals surface area contributed by atoms with Gasteiger partial charge in [0.25, 0.3) is 0 Å². The summed E-state index contributed by atoms with van der Waals surface area (Å²) >= 11 is 6.56. The number of aromatic carboxylic acids is 1. The summed E-state index contributed by atoms with van der Waals surface area (Å²) in [6.07, 6.45) is 1.75. The molecule has 14 heteroatoms. The Morgan fingerprint density at radius 3 is 2.64 bits per heavy atom. The maximum absolute atomic E-state index is 12.2. The van der Waals surface area contributed by atoms with Crippen molar-refractivity contribution in [2.24, 2.45) is 0 Å². The summed E-state index contributed by atoms with van der Waals surface area (Å²) in [5, 5.41) is 15.5. The van der Waals surface area contributed by atoms with Crippen LogP contribution in [0.1, 0.15) is 40.7 Å². The monoisotopic (exact) mass is 620 g/mol. The molecular weight excluding hydrogens is 592 g/mol. The lowest BCUT2D eigenvalue weighted by Crippen LogP contribution is -2.35. The molecule has 2 aromatic carbocycles. The van der Waals surface area contributed by atoms with E-state index in [-0.39, 0.29) is 22.0 Å². The highest BCUT2D eigenvalue weighted by Gasteiger charge is 2.56. The molecule has 228 valence electrons. The van der Waals surface area contributed by atoms with Crippen LogP contribution >= 0.6 is 11.6 Å². The average molecular weight is 621 g/mol. The largest absolute Gasteiger partial charge is 0.478 e. The van der Waals surface area contributed by atoms with Gasteiger partial charge in [0.1, 0.15) is 30.7 Å². The molecule has 44 heavy (non-hydrogen) atoms. The van der Waals surface area contributed by atoms with Gasteiger partial charge in [-0.2, -0.15) is 0 Å². The second kappa shape index (κ2) is 12.7. The zero-order valence-corrected chi connectivity index (χ0v) is 24.4. The molecule has 0 spiro atoms. The normalized spacial score (nSPS) is 23.6. The summed E-state index contributed by atoms with van der Waals surface area (Å²) in [7, 11) is 1.45. The summed E-state index contributed by atoms with van der Waals surface area (Å²) in [6.45, 7) is 2.23. The van der Waals surface area contributed by atoms with Gasteiger partial charge >= 0.3 is 12.0 Å². The molecule has 2 amide bonds. The minimum atomic E-state index is -1.16. The molecule has 2 aliphatic rings. The first-order valence-electron chi connectivity index (χ1n) is 13.9. The quantitative estimate of drug-likeness (QED) is 0.244. The van der Waals surface area contributed by atoms with E-state index in [2.05, 4.69) is 25.6 Å². The van der Waals surface area contributed by atoms with Crippen molar-refractivity contribution in [1.29, 1.82) is 0 Å². The SMILES string of the molecule is CCNC(=O)Nc1ncnc2c1ncn2C1OC(C(OC)c2c(Cl)cccc2C(=O)O)C2OC(/C=C/c3ccccc3)OC21. The number of imidazole rings is 1. The predicted molar refractivity (Wildman–Crippen MR) is 159 cm³/mol. The van der Waals surface area contributed by atoms with E-state index in [1.807, 2.05) is 36.4 Å². The molecule has 2 saturated heterocycles. The Hall–Kier alpha value is -4.40. The van der Waals surface area contributed by atoms with E-state index in [9.17, 15) is 14.7 Å². The smallest absolute Gasteiger partial charge is 0.336 e. The highest BCUT2D eigenvalue weighted by Crippen LogP contribution is 2.47. The van der Waals surface area contributed by atoms with Crippen LogP contribution in [0.3, 0.4) is 0 Å². The molecule has 13 nitrogen and oxygen atoms in total. The van der Waals surface area contributed by atoms with Crippen molar-refractivity contribution < 1.29 is 33.6 Å². The Kier molecular flexibility index (Phi) is 8.55. The molecule has 6 rings (SSSR count). The van der Waals surface area contributed by atoms with Crippen LogP contribution in [0.15, 0.2) is 67.3 Å². The fourth-order valence-corrected chi connectivity index (χ4v) is 5.77. The third kappa shape index (κ3) is 5.63. The van der Waals surface area contributed by atoms with Gasteiger partial charge in [-0.15, -0.1) is 0 Å². The van der Waals surface area contributed by atoms with Crippen molar-refractivity contribution in [3.63, 3.8) is 0 Å². The van der Waals surface area contributed by atoms with Gasteiger partial charge in [0, 0.05) is 24.2 Å². The lowest BCUT2D eigenvalue weighted by atomic mass is 9.95. The van der Waals surface area contributed by atoms with E-state index >= 15 is 0 Å². The van der Waals surface area contributed by atoms with Gasteiger partial charge in [-0.3, -0.25) is 9.88 Å². The molecule has 2 aliphatic heterocycles. The van der Waals surface area contributed by atoms with Crippen LogP contribution in [0.4, 0.5) is 10.6 Å². The Morgan fingerprint density at radius 1 is 1.09 bits per heavy atom. The Labute approximate surface area is 256 Å². The number of urea groups is 1. The van der Waals surface area contributed by atoms with E-state index in [1.165, 1.54) is 25.8 Å². The third-order valence-electron chi connectivity index (χ3n) is 7.38. The number of carbonyl (C=O) groups excluding carboxylic acids is 1. The standard InChI is InChI=1S/C30H29ClN6O7/c1-3-32-30(40)36-26-21-27(34-14-33-26)37(15-35-21)28-25-24(42-19(43-25)13-12-16-8-5-4-6-9-16)23(44-28)22(41-2)20-17(29(38)39)10-7-11-18(20)31/h4-15,19,22-25,28H,3H2,1-2H3,(H,38,39)(H2,32,33,34,36,40)/b13-12+. The zero-order valence-electron chi connectivity index (χ0n) is 23.7. The summed E-state index contributed by atoms with van der Waals surface area (Å²) in [4.78, 5) is 37.4. The number of amides is 2. The van der Waals surface area contributed by atoms with Crippen molar-refractivity contribution in [2.45, 2.75) is 43.9 Å². The fraction of sp³-hybridized carbons (Fsp3) is 0.300. The highest BCUT2D eigenvalue weighted by molar-refractivity contribution is 6.31. The summed E-state index contributed by atoms with van der Waals surface area (Å²) < 4.78 is 26.9. The van der Waals surface area contributed by atoms with Gasteiger partial charge in [-0.25, -0.2) is 24.5 Å². The summed E-state index contributed by atoms with van der Waals surface area (Å²) in [5.74, 6) is -0.942. The number of nitrogens with one attached hydrogen (secondary N) is 2. The van der Waals surface area contributed by atoms with Gasteiger partial charge in [-0.05, 0) is 30.7 Å². The van der Waals surface area contributed by atoms with E-state index < -0.39 is 48.9 Å². The lowest BCUT2D eigenvalue weighted by molar-refractivity contribution is -0.154. The minimum Gasteiger partial charge on any atom is -0.478 e. The molecule has 6 atom stereocenters. The lowest BCUT2D eigenvalue weighted by Gasteiger charge is -2.28. The van der Waals surface area contributed by atoms with Crippen LogP contribution in [0, 0.1) is 0 Å². The molecule has 2 aromatic heterocycles. The van der Waals surface area contributed by atoms with Crippen LogP contribution in [0.25, 0.3) is 17.2 Å². The highest BCUT2D eigenvalue weighted by atomic mass is 35.5. The first kappa shape index (κ1) is 29.7. The number of hydrogen-bond donors (Lipinski definition) is 3. The molecule has 2 fully saturated rings. The molecule has 4 heterocycles. The predicted octanol–water partition coefficient (Wildman–Crippen LogP) is 4.43. The van der Waals surface area contributed by atoms with Crippen LogP contribution < -0.4 is 10.6 Å². The Bertz CT molecular complexity index is 1700. The molecule has 0 bridgehead atoms. The number of ether oxygens (including phenoxy) is 4. The van der Waals surface area contributed by atoms with Crippen LogP contribution in [0.5, 0.6) is 0 Å². The number of nitrogens with zero attached hydrogens (tertiary/aromatic N) is 4. The van der Waals surface area contributed by atoms with Gasteiger partial charge < -0.3 is 29.4 Å². The van der Waals surface area contributed by atoms with Gasteiger partial charge in [0.05, 0.1) is 11.9 Å². The van der Waals surface area contributed by atoms with Gasteiger partial charge in [0.15, 0.2) is 29.5 Å². The molecule has 0 radical (unpaired) electrons. The number of rotatable bonds is 9. The Balaban J connectivity index is 1.38. The summed E-state index contributed by atoms with van der Waals surface area (Å²) in [6, 6.07) is 13.9. The number of aromatic nitrogens is 4. The van der Waals surface area contributed by atoms with Gasteiger partial charge in [-0.1, -0.05) is 54.1 Å². The van der Waals surface area contributed by atoms with Crippen LogP contribution in [-0.4, -0.2) is 74.9 Å². The molecule has 3 N–H and O–H groups in total. The molecular formula is C30H29ClN6O7. The summed E-state index contributed by atoms with van der Waals surface area (Å²) in [5.41, 5.74) is 1.91. The molecule has 4 aromatic rings. The second-order valence-electron chi connectivity index (χ2n) is 10.0.